The van der Waals surface area contributed by atoms with Crippen LogP contribution < -0.4 is 0 Å². The number of hydrogen-bond donors (Lipinski definition) is 1. The zero-order valence-electron chi connectivity index (χ0n) is 9.11. The number of aliphatic hydroxyl groups is 1. The van der Waals surface area contributed by atoms with Crippen molar-refractivity contribution in [2.45, 2.75) is 12.5 Å². The molecule has 1 unspecified atom stereocenters. The van der Waals surface area contributed by atoms with Crippen molar-refractivity contribution >= 4 is 11.6 Å². The van der Waals surface area contributed by atoms with E-state index in [0.29, 0.717) is 12.0 Å². The minimum Gasteiger partial charge on any atom is -0.388 e. The van der Waals surface area contributed by atoms with Crippen molar-refractivity contribution in [3.8, 4) is 0 Å². The monoisotopic (exact) mass is 250 g/mol. The summed E-state index contributed by atoms with van der Waals surface area (Å²) in [4.78, 5) is 0. The molecule has 0 fully saturated rings. The lowest BCUT2D eigenvalue weighted by Gasteiger charge is -2.12. The summed E-state index contributed by atoms with van der Waals surface area (Å²) in [6, 6.07) is 13.6. The van der Waals surface area contributed by atoms with Crippen LogP contribution in [0.1, 0.15) is 17.2 Å². The summed E-state index contributed by atoms with van der Waals surface area (Å²) in [5.74, 6) is -0.398. The summed E-state index contributed by atoms with van der Waals surface area (Å²) in [6.45, 7) is 0. The summed E-state index contributed by atoms with van der Waals surface area (Å²) in [7, 11) is 0. The van der Waals surface area contributed by atoms with Gasteiger partial charge in [-0.05, 0) is 23.3 Å². The normalized spacial score (nSPS) is 12.4. The predicted molar refractivity (Wildman–Crippen MR) is 66.5 cm³/mol. The maximum atomic E-state index is 12.9. The maximum absolute atomic E-state index is 12.9. The molecular formula is C14H12ClFO. The standard InChI is InChI=1S/C14H12ClFO/c15-13-9-11(16)6-7-12(13)14(17)8-10-4-2-1-3-5-10/h1-7,9,14,17H,8H2. The van der Waals surface area contributed by atoms with Gasteiger partial charge in [0.05, 0.1) is 6.10 Å². The van der Waals surface area contributed by atoms with Crippen molar-refractivity contribution in [2.24, 2.45) is 0 Å². The number of benzene rings is 2. The van der Waals surface area contributed by atoms with Gasteiger partial charge in [-0.1, -0.05) is 48.0 Å². The van der Waals surface area contributed by atoms with Gasteiger partial charge in [0.25, 0.3) is 0 Å². The summed E-state index contributed by atoms with van der Waals surface area (Å²) in [5, 5.41) is 10.3. The van der Waals surface area contributed by atoms with Gasteiger partial charge in [0, 0.05) is 11.4 Å². The molecule has 2 aromatic carbocycles. The molecule has 17 heavy (non-hydrogen) atoms. The maximum Gasteiger partial charge on any atom is 0.124 e. The molecule has 0 spiro atoms. The highest BCUT2D eigenvalue weighted by Crippen LogP contribution is 2.26. The van der Waals surface area contributed by atoms with Gasteiger partial charge in [0.2, 0.25) is 0 Å². The molecule has 1 nitrogen and oxygen atoms in total. The van der Waals surface area contributed by atoms with Crippen LogP contribution in [0.5, 0.6) is 0 Å². The van der Waals surface area contributed by atoms with Crippen LogP contribution in [0.3, 0.4) is 0 Å². The first-order chi connectivity index (χ1) is 8.16. The number of aliphatic hydroxyl groups excluding tert-OH is 1. The molecule has 0 amide bonds. The van der Waals surface area contributed by atoms with Gasteiger partial charge in [-0.2, -0.15) is 0 Å². The molecule has 0 heterocycles. The van der Waals surface area contributed by atoms with Crippen LogP contribution in [-0.2, 0) is 6.42 Å². The average Bonchev–Trinajstić information content (AvgIpc) is 2.30. The Labute approximate surface area is 104 Å². The molecule has 0 aromatic heterocycles. The molecule has 1 N–H and O–H groups in total. The highest BCUT2D eigenvalue weighted by Gasteiger charge is 2.12. The third-order valence-corrected chi connectivity index (χ3v) is 2.92. The van der Waals surface area contributed by atoms with Crippen molar-refractivity contribution in [3.05, 3.63) is 70.5 Å². The second-order valence-electron chi connectivity index (χ2n) is 3.87. The minimum absolute atomic E-state index is 0.258. The Hall–Kier alpha value is -1.38. The third kappa shape index (κ3) is 3.05. The molecule has 0 aliphatic heterocycles. The Bertz CT molecular complexity index is 499. The quantitative estimate of drug-likeness (QED) is 0.880. The lowest BCUT2D eigenvalue weighted by molar-refractivity contribution is 0.178. The Morgan fingerprint density at radius 1 is 1.12 bits per heavy atom. The van der Waals surface area contributed by atoms with Crippen LogP contribution in [0.15, 0.2) is 48.5 Å². The molecule has 88 valence electrons. The zero-order valence-corrected chi connectivity index (χ0v) is 9.86. The second kappa shape index (κ2) is 5.30. The smallest absolute Gasteiger partial charge is 0.124 e. The Morgan fingerprint density at radius 3 is 2.47 bits per heavy atom. The largest absolute Gasteiger partial charge is 0.388 e. The summed E-state index contributed by atoms with van der Waals surface area (Å²) in [6.07, 6.45) is -0.253. The van der Waals surface area contributed by atoms with Crippen molar-refractivity contribution in [3.63, 3.8) is 0 Å². The van der Waals surface area contributed by atoms with E-state index in [-0.39, 0.29) is 5.02 Å². The fourth-order valence-electron chi connectivity index (χ4n) is 1.72. The first-order valence-corrected chi connectivity index (χ1v) is 5.71. The van der Waals surface area contributed by atoms with E-state index in [1.54, 1.807) is 0 Å². The summed E-state index contributed by atoms with van der Waals surface area (Å²) < 4.78 is 12.9. The van der Waals surface area contributed by atoms with Crippen LogP contribution >= 0.6 is 11.6 Å². The van der Waals surface area contributed by atoms with Crippen molar-refractivity contribution in [2.75, 3.05) is 0 Å². The van der Waals surface area contributed by atoms with E-state index < -0.39 is 11.9 Å². The molecule has 0 saturated heterocycles. The molecule has 0 aliphatic carbocycles. The first kappa shape index (κ1) is 12.1. The molecule has 0 aliphatic rings. The molecule has 0 radical (unpaired) electrons. The van der Waals surface area contributed by atoms with E-state index in [4.69, 9.17) is 11.6 Å². The van der Waals surface area contributed by atoms with Gasteiger partial charge in [-0.25, -0.2) is 4.39 Å². The highest BCUT2D eigenvalue weighted by atomic mass is 35.5. The van der Waals surface area contributed by atoms with Gasteiger partial charge < -0.3 is 5.11 Å². The van der Waals surface area contributed by atoms with E-state index in [1.807, 2.05) is 30.3 Å². The van der Waals surface area contributed by atoms with Gasteiger partial charge in [-0.15, -0.1) is 0 Å². The van der Waals surface area contributed by atoms with Crippen molar-refractivity contribution < 1.29 is 9.50 Å². The third-order valence-electron chi connectivity index (χ3n) is 2.59. The van der Waals surface area contributed by atoms with E-state index in [9.17, 15) is 9.50 Å². The SMILES string of the molecule is OC(Cc1ccccc1)c1ccc(F)cc1Cl. The second-order valence-corrected chi connectivity index (χ2v) is 4.28. The van der Waals surface area contributed by atoms with Gasteiger partial charge in [0.15, 0.2) is 0 Å². The Balaban J connectivity index is 2.17. The van der Waals surface area contributed by atoms with E-state index >= 15 is 0 Å². The van der Waals surface area contributed by atoms with Gasteiger partial charge in [0.1, 0.15) is 5.82 Å². The van der Waals surface area contributed by atoms with E-state index in [2.05, 4.69) is 0 Å². The van der Waals surface area contributed by atoms with Crippen LogP contribution in [0.25, 0.3) is 0 Å². The highest BCUT2D eigenvalue weighted by molar-refractivity contribution is 6.31. The number of halogens is 2. The molecule has 2 rings (SSSR count). The van der Waals surface area contributed by atoms with Crippen LogP contribution in [-0.4, -0.2) is 5.11 Å². The number of hydrogen-bond acceptors (Lipinski definition) is 1. The summed E-state index contributed by atoms with van der Waals surface area (Å²) >= 11 is 5.89. The average molecular weight is 251 g/mol. The van der Waals surface area contributed by atoms with Crippen molar-refractivity contribution in [1.82, 2.24) is 0 Å². The molecule has 0 bridgehead atoms. The minimum atomic E-state index is -0.717. The van der Waals surface area contributed by atoms with Crippen LogP contribution in [0, 0.1) is 5.82 Å². The Kier molecular flexibility index (Phi) is 3.77. The molecule has 2 aromatic rings. The fraction of sp³-hybridized carbons (Fsp3) is 0.143. The summed E-state index contributed by atoms with van der Waals surface area (Å²) in [5.41, 5.74) is 1.57. The zero-order chi connectivity index (χ0) is 12.3. The fourth-order valence-corrected chi connectivity index (χ4v) is 2.01. The lowest BCUT2D eigenvalue weighted by Crippen LogP contribution is -2.02. The van der Waals surface area contributed by atoms with Gasteiger partial charge >= 0.3 is 0 Å². The van der Waals surface area contributed by atoms with Gasteiger partial charge in [-0.3, -0.25) is 0 Å². The van der Waals surface area contributed by atoms with Crippen LogP contribution in [0.2, 0.25) is 5.02 Å². The van der Waals surface area contributed by atoms with Crippen molar-refractivity contribution in [1.29, 1.82) is 0 Å². The topological polar surface area (TPSA) is 20.2 Å². The first-order valence-electron chi connectivity index (χ1n) is 5.34. The van der Waals surface area contributed by atoms with Crippen LogP contribution in [0.4, 0.5) is 4.39 Å². The number of rotatable bonds is 3. The Morgan fingerprint density at radius 2 is 1.82 bits per heavy atom. The molecule has 3 heteroatoms. The van der Waals surface area contributed by atoms with E-state index in [0.717, 1.165) is 5.56 Å². The molecular weight excluding hydrogens is 239 g/mol. The lowest BCUT2D eigenvalue weighted by atomic mass is 10.0. The predicted octanol–water partition coefficient (Wildman–Crippen LogP) is 3.76. The molecule has 0 saturated carbocycles. The van der Waals surface area contributed by atoms with E-state index in [1.165, 1.54) is 18.2 Å². The molecule has 1 atom stereocenters.